The second kappa shape index (κ2) is 10.3. The van der Waals surface area contributed by atoms with Crippen molar-refractivity contribution in [2.24, 2.45) is 0 Å². The highest BCUT2D eigenvalue weighted by Gasteiger charge is 2.47. The van der Waals surface area contributed by atoms with Crippen LogP contribution in [0.2, 0.25) is 45.8 Å². The van der Waals surface area contributed by atoms with Gasteiger partial charge in [-0.3, -0.25) is 0 Å². The van der Waals surface area contributed by atoms with Crippen LogP contribution in [0.5, 0.6) is 0 Å². The summed E-state index contributed by atoms with van der Waals surface area (Å²) in [6, 6.07) is 0. The second-order valence-corrected chi connectivity index (χ2v) is 21.5. The normalized spacial score (nSPS) is 15.5. The Morgan fingerprint density at radius 3 is 1.81 bits per heavy atom. The van der Waals surface area contributed by atoms with Gasteiger partial charge >= 0.3 is 14.5 Å². The Bertz CT molecular complexity index is 454. The van der Waals surface area contributed by atoms with Gasteiger partial charge in [-0.1, -0.05) is 13.5 Å². The van der Waals surface area contributed by atoms with Crippen molar-refractivity contribution in [3.63, 3.8) is 0 Å². The third-order valence-electron chi connectivity index (χ3n) is 3.22. The zero-order valence-corrected chi connectivity index (χ0v) is 21.0. The zero-order valence-electron chi connectivity index (χ0n) is 18.0. The fourth-order valence-electron chi connectivity index (χ4n) is 2.58. The van der Waals surface area contributed by atoms with E-state index in [9.17, 15) is 9.90 Å². The summed E-state index contributed by atoms with van der Waals surface area (Å²) < 4.78 is 24.0. The van der Waals surface area contributed by atoms with E-state index in [1.54, 1.807) is 6.92 Å². The molecule has 0 aromatic carbocycles. The Balaban J connectivity index is 4.99. The molecule has 26 heavy (non-hydrogen) atoms. The topological polar surface area (TPSA) is 74.2 Å². The van der Waals surface area contributed by atoms with E-state index < -0.39 is 37.3 Å². The molecule has 0 spiro atoms. The Hall–Kier alpha value is -0.299. The molecule has 0 aliphatic carbocycles. The lowest BCUT2D eigenvalue weighted by molar-refractivity contribution is -0.143. The highest BCUT2D eigenvalue weighted by molar-refractivity contribution is 6.88. The first kappa shape index (κ1) is 25.7. The second-order valence-electron chi connectivity index (χ2n) is 8.71. The Kier molecular flexibility index (Phi) is 10.2. The van der Waals surface area contributed by atoms with E-state index in [1.165, 1.54) is 0 Å². The van der Waals surface area contributed by atoms with E-state index >= 15 is 0 Å². The standard InChI is InChI=1S/C17H38O6Si3/c1-11-16(20-12-15(18)13-21-17(19)14(2)3)26(10,22-24(4,5)6)23-25(7,8)9/h15-16,18H,2,11-13H2,1,3-10H3. The Morgan fingerprint density at radius 2 is 1.46 bits per heavy atom. The van der Waals surface area contributed by atoms with Crippen molar-refractivity contribution in [2.75, 3.05) is 13.2 Å². The minimum absolute atomic E-state index is 0.0642. The van der Waals surface area contributed by atoms with E-state index in [4.69, 9.17) is 17.7 Å². The highest BCUT2D eigenvalue weighted by atomic mass is 28.5. The minimum atomic E-state index is -2.61. The molecule has 0 bridgehead atoms. The van der Waals surface area contributed by atoms with E-state index in [0.29, 0.717) is 5.57 Å². The molecule has 2 atom stereocenters. The van der Waals surface area contributed by atoms with Gasteiger partial charge in [0.25, 0.3) is 0 Å². The van der Waals surface area contributed by atoms with Gasteiger partial charge in [-0.2, -0.15) is 0 Å². The molecule has 2 unspecified atom stereocenters. The molecule has 9 heteroatoms. The number of hydrogen-bond acceptors (Lipinski definition) is 6. The minimum Gasteiger partial charge on any atom is -0.460 e. The summed E-state index contributed by atoms with van der Waals surface area (Å²) in [5, 5.41) is 10.1. The van der Waals surface area contributed by atoms with E-state index in [1.807, 2.05) is 6.92 Å². The lowest BCUT2D eigenvalue weighted by atomic mass is 10.3. The molecule has 0 radical (unpaired) electrons. The first-order valence-electron chi connectivity index (χ1n) is 9.12. The van der Waals surface area contributed by atoms with Crippen molar-refractivity contribution in [3.05, 3.63) is 12.2 Å². The number of carbonyl (C=O) groups excluding carboxylic acids is 1. The molecular weight excluding hydrogens is 384 g/mol. The van der Waals surface area contributed by atoms with E-state index in [0.717, 1.165) is 6.42 Å². The molecule has 0 aliphatic heterocycles. The smallest absolute Gasteiger partial charge is 0.344 e. The van der Waals surface area contributed by atoms with Crippen LogP contribution in [0.15, 0.2) is 12.2 Å². The first-order chi connectivity index (χ1) is 11.6. The van der Waals surface area contributed by atoms with E-state index in [2.05, 4.69) is 52.4 Å². The summed E-state index contributed by atoms with van der Waals surface area (Å²) >= 11 is 0. The van der Waals surface area contributed by atoms with Gasteiger partial charge in [0.1, 0.15) is 12.7 Å². The lowest BCUT2D eigenvalue weighted by Crippen LogP contribution is -2.61. The van der Waals surface area contributed by atoms with Crippen molar-refractivity contribution in [1.29, 1.82) is 0 Å². The molecule has 0 rings (SSSR count). The molecule has 0 fully saturated rings. The predicted molar refractivity (Wildman–Crippen MR) is 112 cm³/mol. The number of ether oxygens (including phenoxy) is 2. The molecule has 154 valence electrons. The van der Waals surface area contributed by atoms with Crippen LogP contribution in [-0.2, 0) is 22.5 Å². The molecule has 0 saturated heterocycles. The van der Waals surface area contributed by atoms with E-state index in [-0.39, 0.29) is 18.9 Å². The van der Waals surface area contributed by atoms with Crippen LogP contribution >= 0.6 is 0 Å². The van der Waals surface area contributed by atoms with Crippen molar-refractivity contribution in [3.8, 4) is 0 Å². The van der Waals surface area contributed by atoms with Crippen molar-refractivity contribution in [1.82, 2.24) is 0 Å². The van der Waals surface area contributed by atoms with Crippen LogP contribution in [0, 0.1) is 0 Å². The van der Waals surface area contributed by atoms with Crippen LogP contribution in [0.3, 0.4) is 0 Å². The lowest BCUT2D eigenvalue weighted by Gasteiger charge is -2.42. The van der Waals surface area contributed by atoms with Gasteiger partial charge < -0.3 is 22.8 Å². The maximum atomic E-state index is 11.4. The summed E-state index contributed by atoms with van der Waals surface area (Å²) in [5.41, 5.74) is 0.101. The fraction of sp³-hybridized carbons (Fsp3) is 0.824. The van der Waals surface area contributed by atoms with Crippen LogP contribution in [0.25, 0.3) is 0 Å². The van der Waals surface area contributed by atoms with Crippen molar-refractivity contribution >= 4 is 31.2 Å². The molecule has 0 amide bonds. The quantitative estimate of drug-likeness (QED) is 0.294. The zero-order chi connectivity index (χ0) is 20.8. The summed E-state index contributed by atoms with van der Waals surface area (Å²) in [4.78, 5) is 11.4. The van der Waals surface area contributed by atoms with Crippen molar-refractivity contribution in [2.45, 2.75) is 77.9 Å². The number of esters is 1. The first-order valence-corrected chi connectivity index (χ1v) is 18.3. The Morgan fingerprint density at radius 1 is 1.00 bits per heavy atom. The molecule has 0 aromatic rings. The maximum Gasteiger partial charge on any atom is 0.344 e. The predicted octanol–water partition coefficient (Wildman–Crippen LogP) is 3.58. The number of aliphatic hydroxyl groups excluding tert-OH is 1. The van der Waals surface area contributed by atoms with Crippen LogP contribution < -0.4 is 0 Å². The van der Waals surface area contributed by atoms with Gasteiger partial charge in [0.2, 0.25) is 0 Å². The molecule has 0 heterocycles. The van der Waals surface area contributed by atoms with Crippen LogP contribution in [-0.4, -0.2) is 61.3 Å². The van der Waals surface area contributed by atoms with Gasteiger partial charge in [-0.05, 0) is 59.2 Å². The third kappa shape index (κ3) is 10.8. The van der Waals surface area contributed by atoms with Gasteiger partial charge in [-0.25, -0.2) is 4.79 Å². The summed E-state index contributed by atoms with van der Waals surface area (Å²) in [7, 11) is -6.28. The third-order valence-corrected chi connectivity index (χ3v) is 13.1. The van der Waals surface area contributed by atoms with Gasteiger partial charge in [-0.15, -0.1) is 0 Å². The average molecular weight is 423 g/mol. The number of rotatable bonds is 12. The SMILES string of the molecule is C=C(C)C(=O)OCC(O)COC(CC)[Si](C)(O[Si](C)(C)C)O[Si](C)(C)C. The molecule has 0 aromatic heterocycles. The molecule has 1 N–H and O–H groups in total. The summed E-state index contributed by atoms with van der Waals surface area (Å²) in [6.07, 6.45) is -0.167. The van der Waals surface area contributed by atoms with Crippen molar-refractivity contribution < 1.29 is 27.6 Å². The Labute approximate surface area is 162 Å². The van der Waals surface area contributed by atoms with Gasteiger partial charge in [0, 0.05) is 5.57 Å². The largest absolute Gasteiger partial charge is 0.460 e. The summed E-state index contributed by atoms with van der Waals surface area (Å²) in [6.45, 7) is 22.0. The molecular formula is C17H38O6Si3. The summed E-state index contributed by atoms with van der Waals surface area (Å²) in [5.74, 6) is -0.514. The van der Waals surface area contributed by atoms with Gasteiger partial charge in [0.05, 0.1) is 12.3 Å². The van der Waals surface area contributed by atoms with Crippen LogP contribution in [0.1, 0.15) is 20.3 Å². The molecule has 6 nitrogen and oxygen atoms in total. The monoisotopic (exact) mass is 422 g/mol. The van der Waals surface area contributed by atoms with Gasteiger partial charge in [0.15, 0.2) is 16.6 Å². The number of aliphatic hydroxyl groups is 1. The fourth-order valence-corrected chi connectivity index (χ4v) is 15.0. The average Bonchev–Trinajstić information content (AvgIpc) is 2.40. The number of carbonyl (C=O) groups is 1. The molecule has 0 aliphatic rings. The molecule has 0 saturated carbocycles. The number of hydrogen-bond donors (Lipinski definition) is 1. The maximum absolute atomic E-state index is 11.4. The van der Waals surface area contributed by atoms with Crippen LogP contribution in [0.4, 0.5) is 0 Å². The highest BCUT2D eigenvalue weighted by Crippen LogP contribution is 2.27.